The number of benzene rings is 2. The summed E-state index contributed by atoms with van der Waals surface area (Å²) in [5, 5.41) is 0. The van der Waals surface area contributed by atoms with E-state index in [0.717, 1.165) is 24.0 Å². The first-order valence-electron chi connectivity index (χ1n) is 8.54. The van der Waals surface area contributed by atoms with E-state index in [1.54, 1.807) is 0 Å². The van der Waals surface area contributed by atoms with Crippen LogP contribution in [0.2, 0.25) is 0 Å². The van der Waals surface area contributed by atoms with Gasteiger partial charge in [0.25, 0.3) is 0 Å². The molecule has 3 aromatic rings. The van der Waals surface area contributed by atoms with Gasteiger partial charge >= 0.3 is 5.97 Å². The van der Waals surface area contributed by atoms with Crippen LogP contribution in [0.15, 0.2) is 65.1 Å². The third-order valence-electron chi connectivity index (χ3n) is 3.85. The first kappa shape index (κ1) is 17.0. The normalized spacial score (nSPS) is 10.6. The van der Waals surface area contributed by atoms with E-state index in [1.807, 2.05) is 60.7 Å². The number of oxazole rings is 1. The quantitative estimate of drug-likeness (QED) is 0.456. The van der Waals surface area contributed by atoms with Crippen LogP contribution in [0.3, 0.4) is 0 Å². The summed E-state index contributed by atoms with van der Waals surface area (Å²) in [6.07, 6.45) is 2.31. The van der Waals surface area contributed by atoms with Crippen molar-refractivity contribution in [2.45, 2.75) is 26.2 Å². The monoisotopic (exact) mass is 335 g/mol. The second-order valence-electron chi connectivity index (χ2n) is 5.81. The summed E-state index contributed by atoms with van der Waals surface area (Å²) in [5.74, 6) is 0.547. The van der Waals surface area contributed by atoms with Crippen molar-refractivity contribution >= 4 is 5.97 Å². The van der Waals surface area contributed by atoms with Crippen molar-refractivity contribution in [2.75, 3.05) is 6.61 Å². The minimum absolute atomic E-state index is 0.263. The molecular weight excluding hydrogens is 314 g/mol. The Morgan fingerprint density at radius 1 is 1.04 bits per heavy atom. The van der Waals surface area contributed by atoms with Gasteiger partial charge in [0.1, 0.15) is 5.76 Å². The maximum Gasteiger partial charge on any atom is 0.360 e. The van der Waals surface area contributed by atoms with E-state index < -0.39 is 5.97 Å². The number of nitrogens with zero attached hydrogens (tertiary/aromatic N) is 1. The number of hydrogen-bond donors (Lipinski definition) is 0. The maximum absolute atomic E-state index is 12.4. The van der Waals surface area contributed by atoms with Crippen molar-refractivity contribution in [3.8, 4) is 11.5 Å². The van der Waals surface area contributed by atoms with Crippen molar-refractivity contribution in [2.24, 2.45) is 0 Å². The summed E-state index contributed by atoms with van der Waals surface area (Å²) in [6.45, 7) is 2.45. The molecule has 0 bridgehead atoms. The van der Waals surface area contributed by atoms with Gasteiger partial charge in [-0.3, -0.25) is 0 Å². The summed E-state index contributed by atoms with van der Waals surface area (Å²) in [4.78, 5) is 16.8. The smallest absolute Gasteiger partial charge is 0.360 e. The second kappa shape index (κ2) is 8.29. The molecule has 0 fully saturated rings. The predicted molar refractivity (Wildman–Crippen MR) is 96.4 cm³/mol. The molecule has 1 aromatic heterocycles. The van der Waals surface area contributed by atoms with Crippen LogP contribution < -0.4 is 0 Å². The summed E-state index contributed by atoms with van der Waals surface area (Å²) in [7, 11) is 0. The van der Waals surface area contributed by atoms with Gasteiger partial charge in [0.05, 0.1) is 6.61 Å². The lowest BCUT2D eigenvalue weighted by molar-refractivity contribution is 0.0491. The van der Waals surface area contributed by atoms with Crippen LogP contribution in [-0.4, -0.2) is 17.6 Å². The molecule has 3 rings (SSSR count). The lowest BCUT2D eigenvalue weighted by Gasteiger charge is -2.03. The number of aromatic nitrogens is 1. The molecule has 0 atom stereocenters. The molecule has 0 aliphatic heterocycles. The number of carbonyl (C=O) groups excluding carboxylic acids is 1. The number of carbonyl (C=O) groups is 1. The zero-order valence-electron chi connectivity index (χ0n) is 14.3. The Morgan fingerprint density at radius 3 is 2.40 bits per heavy atom. The number of hydrogen-bond acceptors (Lipinski definition) is 4. The Labute approximate surface area is 147 Å². The van der Waals surface area contributed by atoms with E-state index in [1.165, 1.54) is 0 Å². The van der Waals surface area contributed by atoms with Gasteiger partial charge < -0.3 is 9.15 Å². The average molecular weight is 335 g/mol. The fraction of sp³-hybridized carbons (Fsp3) is 0.238. The molecule has 2 aromatic carbocycles. The van der Waals surface area contributed by atoms with Crippen molar-refractivity contribution in [3.05, 3.63) is 77.7 Å². The maximum atomic E-state index is 12.4. The highest BCUT2D eigenvalue weighted by Gasteiger charge is 2.22. The Bertz CT molecular complexity index is 810. The van der Waals surface area contributed by atoms with E-state index in [9.17, 15) is 4.79 Å². The van der Waals surface area contributed by atoms with Gasteiger partial charge in [0.2, 0.25) is 5.89 Å². The van der Waals surface area contributed by atoms with Crippen molar-refractivity contribution in [1.82, 2.24) is 4.98 Å². The lowest BCUT2D eigenvalue weighted by atomic mass is 10.1. The number of esters is 1. The Morgan fingerprint density at radius 2 is 1.72 bits per heavy atom. The molecule has 0 spiro atoms. The van der Waals surface area contributed by atoms with Crippen LogP contribution in [0.25, 0.3) is 11.5 Å². The topological polar surface area (TPSA) is 52.3 Å². The van der Waals surface area contributed by atoms with E-state index in [2.05, 4.69) is 11.9 Å². The molecule has 0 aliphatic carbocycles. The molecular formula is C21H21NO3. The van der Waals surface area contributed by atoms with Gasteiger partial charge in [-0.25, -0.2) is 9.78 Å². The van der Waals surface area contributed by atoms with Gasteiger partial charge in [0, 0.05) is 12.0 Å². The molecule has 25 heavy (non-hydrogen) atoms. The largest absolute Gasteiger partial charge is 0.461 e. The van der Waals surface area contributed by atoms with Crippen LogP contribution in [0.4, 0.5) is 0 Å². The Kier molecular flexibility index (Phi) is 5.62. The van der Waals surface area contributed by atoms with Crippen molar-refractivity contribution in [3.63, 3.8) is 0 Å². The van der Waals surface area contributed by atoms with Gasteiger partial charge in [0.15, 0.2) is 5.69 Å². The van der Waals surface area contributed by atoms with Crippen LogP contribution in [0.5, 0.6) is 0 Å². The fourth-order valence-corrected chi connectivity index (χ4v) is 2.49. The molecule has 128 valence electrons. The molecule has 4 nitrogen and oxygen atoms in total. The molecule has 0 aliphatic rings. The molecule has 0 radical (unpaired) electrons. The Balaban J connectivity index is 1.90. The van der Waals surface area contributed by atoms with Crippen LogP contribution in [-0.2, 0) is 11.2 Å². The minimum atomic E-state index is -0.426. The molecule has 0 saturated heterocycles. The van der Waals surface area contributed by atoms with Gasteiger partial charge in [-0.2, -0.15) is 0 Å². The van der Waals surface area contributed by atoms with Crippen molar-refractivity contribution in [1.29, 1.82) is 0 Å². The van der Waals surface area contributed by atoms with Crippen LogP contribution >= 0.6 is 0 Å². The third-order valence-corrected chi connectivity index (χ3v) is 3.85. The van der Waals surface area contributed by atoms with E-state index >= 15 is 0 Å². The first-order chi connectivity index (χ1) is 12.3. The lowest BCUT2D eigenvalue weighted by Crippen LogP contribution is -2.09. The zero-order valence-corrected chi connectivity index (χ0v) is 14.3. The summed E-state index contributed by atoms with van der Waals surface area (Å²) in [6, 6.07) is 19.4. The first-order valence-corrected chi connectivity index (χ1v) is 8.54. The van der Waals surface area contributed by atoms with Gasteiger partial charge in [-0.15, -0.1) is 0 Å². The fourth-order valence-electron chi connectivity index (χ4n) is 2.49. The molecule has 4 heteroatoms. The molecule has 0 N–H and O–H groups in total. The molecule has 1 heterocycles. The van der Waals surface area contributed by atoms with E-state index in [0.29, 0.717) is 24.7 Å². The number of unbranched alkanes of at least 4 members (excludes halogenated alkanes) is 1. The third kappa shape index (κ3) is 4.35. The predicted octanol–water partition coefficient (Wildman–Crippen LogP) is 4.89. The van der Waals surface area contributed by atoms with E-state index in [4.69, 9.17) is 9.15 Å². The highest BCUT2D eigenvalue weighted by atomic mass is 16.5. The summed E-state index contributed by atoms with van der Waals surface area (Å²) in [5.41, 5.74) is 2.16. The zero-order chi connectivity index (χ0) is 17.5. The minimum Gasteiger partial charge on any atom is -0.461 e. The number of rotatable bonds is 7. The van der Waals surface area contributed by atoms with Gasteiger partial charge in [-0.05, 0) is 24.1 Å². The van der Waals surface area contributed by atoms with Crippen LogP contribution in [0, 0.1) is 0 Å². The average Bonchev–Trinajstić information content (AvgIpc) is 3.07. The van der Waals surface area contributed by atoms with Crippen molar-refractivity contribution < 1.29 is 13.9 Å². The highest BCUT2D eigenvalue weighted by Crippen LogP contribution is 2.24. The SMILES string of the molecule is CCCCOC(=O)c1nc(-c2ccccc2)oc1Cc1ccccc1. The summed E-state index contributed by atoms with van der Waals surface area (Å²) < 4.78 is 11.3. The Hall–Kier alpha value is -2.88. The standard InChI is InChI=1S/C21H21NO3/c1-2-3-14-24-21(23)19-18(15-16-10-6-4-7-11-16)25-20(22-19)17-12-8-5-9-13-17/h4-13H,2-3,14-15H2,1H3. The molecule has 0 amide bonds. The number of ether oxygens (including phenoxy) is 1. The highest BCUT2D eigenvalue weighted by molar-refractivity contribution is 5.89. The molecule has 0 saturated carbocycles. The summed E-state index contributed by atoms with van der Waals surface area (Å²) >= 11 is 0. The van der Waals surface area contributed by atoms with Gasteiger partial charge in [-0.1, -0.05) is 61.9 Å². The van der Waals surface area contributed by atoms with E-state index in [-0.39, 0.29) is 5.69 Å². The second-order valence-corrected chi connectivity index (χ2v) is 5.81. The molecule has 0 unspecified atom stereocenters. The van der Waals surface area contributed by atoms with Crippen LogP contribution in [0.1, 0.15) is 41.6 Å².